The standard InChI is InChI=1S/C16H31NO4/c1-12(18)21-14(10-19-7)11-20-13-8-15(2,3)17(6)16(4,5)9-13/h13-14H,8-11H2,1-7H3. The minimum Gasteiger partial charge on any atom is -0.458 e. The molecule has 1 heterocycles. The number of ether oxygens (including phenoxy) is 3. The number of likely N-dealkylation sites (tertiary alicyclic amines) is 1. The van der Waals surface area contributed by atoms with E-state index in [4.69, 9.17) is 14.2 Å². The molecule has 0 aromatic carbocycles. The third kappa shape index (κ3) is 5.24. The highest BCUT2D eigenvalue weighted by Gasteiger charge is 2.43. The number of nitrogens with zero attached hydrogens (tertiary/aromatic N) is 1. The predicted octanol–water partition coefficient (Wildman–Crippen LogP) is 2.23. The highest BCUT2D eigenvalue weighted by Crippen LogP contribution is 2.38. The minimum atomic E-state index is -0.335. The van der Waals surface area contributed by atoms with E-state index in [1.807, 2.05) is 0 Å². The lowest BCUT2D eigenvalue weighted by Gasteiger charge is -2.53. The summed E-state index contributed by atoms with van der Waals surface area (Å²) in [5.74, 6) is -0.301. The number of carbonyl (C=O) groups is 1. The summed E-state index contributed by atoms with van der Waals surface area (Å²) in [7, 11) is 3.76. The monoisotopic (exact) mass is 301 g/mol. The van der Waals surface area contributed by atoms with Gasteiger partial charge in [0.05, 0.1) is 19.3 Å². The largest absolute Gasteiger partial charge is 0.458 e. The number of hydrogen-bond acceptors (Lipinski definition) is 5. The fourth-order valence-corrected chi connectivity index (χ4v) is 3.18. The molecule has 0 bridgehead atoms. The van der Waals surface area contributed by atoms with Crippen molar-refractivity contribution in [3.05, 3.63) is 0 Å². The van der Waals surface area contributed by atoms with Gasteiger partial charge in [0.1, 0.15) is 6.10 Å². The zero-order chi connectivity index (χ0) is 16.3. The smallest absolute Gasteiger partial charge is 0.303 e. The lowest BCUT2D eigenvalue weighted by Crippen LogP contribution is -2.60. The van der Waals surface area contributed by atoms with Crippen molar-refractivity contribution in [3.8, 4) is 0 Å². The van der Waals surface area contributed by atoms with E-state index >= 15 is 0 Å². The molecule has 0 aromatic rings. The van der Waals surface area contributed by atoms with Crippen LogP contribution in [0.1, 0.15) is 47.5 Å². The van der Waals surface area contributed by atoms with Crippen LogP contribution in [0.2, 0.25) is 0 Å². The molecular weight excluding hydrogens is 270 g/mol. The number of carbonyl (C=O) groups excluding carboxylic acids is 1. The molecule has 1 rings (SSSR count). The molecule has 0 saturated carbocycles. The lowest BCUT2D eigenvalue weighted by atomic mass is 9.79. The maximum atomic E-state index is 11.1. The second kappa shape index (κ2) is 7.07. The van der Waals surface area contributed by atoms with E-state index in [0.717, 1.165) is 12.8 Å². The summed E-state index contributed by atoms with van der Waals surface area (Å²) in [6.45, 7) is 11.1. The van der Waals surface area contributed by atoms with Gasteiger partial charge in [-0.2, -0.15) is 0 Å². The van der Waals surface area contributed by atoms with Gasteiger partial charge in [0, 0.05) is 25.1 Å². The molecule has 5 heteroatoms. The van der Waals surface area contributed by atoms with Crippen LogP contribution >= 0.6 is 0 Å². The van der Waals surface area contributed by atoms with Gasteiger partial charge in [-0.1, -0.05) is 0 Å². The number of rotatable bonds is 6. The van der Waals surface area contributed by atoms with Gasteiger partial charge in [0.2, 0.25) is 0 Å². The Kier molecular flexibility index (Phi) is 6.20. The Morgan fingerprint density at radius 2 is 1.71 bits per heavy atom. The van der Waals surface area contributed by atoms with Crippen LogP contribution in [0, 0.1) is 0 Å². The van der Waals surface area contributed by atoms with Crippen molar-refractivity contribution in [2.24, 2.45) is 0 Å². The van der Waals surface area contributed by atoms with Crippen molar-refractivity contribution in [1.29, 1.82) is 0 Å². The van der Waals surface area contributed by atoms with Gasteiger partial charge in [-0.05, 0) is 47.6 Å². The SMILES string of the molecule is COCC(COC1CC(C)(C)N(C)C(C)(C)C1)OC(C)=O. The molecule has 1 unspecified atom stereocenters. The van der Waals surface area contributed by atoms with Gasteiger partial charge in [-0.3, -0.25) is 9.69 Å². The van der Waals surface area contributed by atoms with Gasteiger partial charge < -0.3 is 14.2 Å². The van der Waals surface area contributed by atoms with E-state index in [0.29, 0.717) is 13.2 Å². The topological polar surface area (TPSA) is 48.0 Å². The molecule has 1 aliphatic heterocycles. The Labute approximate surface area is 128 Å². The predicted molar refractivity (Wildman–Crippen MR) is 82.3 cm³/mol. The molecule has 1 atom stereocenters. The fraction of sp³-hybridized carbons (Fsp3) is 0.938. The summed E-state index contributed by atoms with van der Waals surface area (Å²) >= 11 is 0. The van der Waals surface area contributed by atoms with E-state index in [1.54, 1.807) is 7.11 Å². The second-order valence-electron chi connectivity index (χ2n) is 7.23. The van der Waals surface area contributed by atoms with Crippen molar-refractivity contribution in [2.75, 3.05) is 27.4 Å². The van der Waals surface area contributed by atoms with Gasteiger partial charge >= 0.3 is 5.97 Å². The molecule has 0 aromatic heterocycles. The first-order chi connectivity index (χ1) is 9.58. The van der Waals surface area contributed by atoms with Gasteiger partial charge in [-0.25, -0.2) is 0 Å². The van der Waals surface area contributed by atoms with Crippen LogP contribution in [0.5, 0.6) is 0 Å². The zero-order valence-corrected chi connectivity index (χ0v) is 14.6. The van der Waals surface area contributed by atoms with E-state index < -0.39 is 0 Å². The summed E-state index contributed by atoms with van der Waals surface area (Å²) in [5.41, 5.74) is 0.176. The van der Waals surface area contributed by atoms with Crippen LogP contribution < -0.4 is 0 Å². The van der Waals surface area contributed by atoms with Gasteiger partial charge in [-0.15, -0.1) is 0 Å². The molecule has 0 spiro atoms. The first-order valence-corrected chi connectivity index (χ1v) is 7.60. The summed E-state index contributed by atoms with van der Waals surface area (Å²) in [6, 6.07) is 0. The second-order valence-corrected chi connectivity index (χ2v) is 7.23. The molecule has 1 aliphatic rings. The van der Waals surface area contributed by atoms with Crippen LogP contribution in [0.25, 0.3) is 0 Å². The van der Waals surface area contributed by atoms with Crippen LogP contribution in [-0.2, 0) is 19.0 Å². The highest BCUT2D eigenvalue weighted by atomic mass is 16.6. The molecular formula is C16H31NO4. The molecule has 5 nitrogen and oxygen atoms in total. The Hall–Kier alpha value is -0.650. The van der Waals surface area contributed by atoms with Crippen LogP contribution in [0.15, 0.2) is 0 Å². The maximum absolute atomic E-state index is 11.1. The van der Waals surface area contributed by atoms with Crippen LogP contribution in [0.4, 0.5) is 0 Å². The molecule has 0 amide bonds. The highest BCUT2D eigenvalue weighted by molar-refractivity contribution is 5.66. The zero-order valence-electron chi connectivity index (χ0n) is 14.6. The first-order valence-electron chi connectivity index (χ1n) is 7.60. The van der Waals surface area contributed by atoms with Crippen LogP contribution in [0.3, 0.4) is 0 Å². The first kappa shape index (κ1) is 18.4. The van der Waals surface area contributed by atoms with Crippen molar-refractivity contribution in [1.82, 2.24) is 4.90 Å². The van der Waals surface area contributed by atoms with E-state index in [9.17, 15) is 4.79 Å². The van der Waals surface area contributed by atoms with Gasteiger partial charge in [0.25, 0.3) is 0 Å². The van der Waals surface area contributed by atoms with Crippen molar-refractivity contribution in [2.45, 2.75) is 70.7 Å². The summed E-state index contributed by atoms with van der Waals surface area (Å²) in [4.78, 5) is 13.5. The quantitative estimate of drug-likeness (QED) is 0.704. The van der Waals surface area contributed by atoms with E-state index in [2.05, 4.69) is 39.6 Å². The van der Waals surface area contributed by atoms with E-state index in [-0.39, 0.29) is 29.3 Å². The average Bonchev–Trinajstić information content (AvgIpc) is 2.32. The molecule has 124 valence electrons. The molecule has 0 N–H and O–H groups in total. The Morgan fingerprint density at radius 3 is 2.14 bits per heavy atom. The Balaban J connectivity index is 2.59. The summed E-state index contributed by atoms with van der Waals surface area (Å²) in [6.07, 6.45) is 1.76. The molecule has 0 aliphatic carbocycles. The van der Waals surface area contributed by atoms with Crippen molar-refractivity contribution >= 4 is 5.97 Å². The number of piperidine rings is 1. The summed E-state index contributed by atoms with van der Waals surface area (Å²) in [5, 5.41) is 0. The van der Waals surface area contributed by atoms with Crippen LogP contribution in [-0.4, -0.2) is 61.5 Å². The normalized spacial score (nSPS) is 23.8. The summed E-state index contributed by atoms with van der Waals surface area (Å²) < 4.78 is 16.3. The number of hydrogen-bond donors (Lipinski definition) is 0. The average molecular weight is 301 g/mol. The molecule has 1 fully saturated rings. The van der Waals surface area contributed by atoms with Crippen molar-refractivity contribution < 1.29 is 19.0 Å². The molecule has 0 radical (unpaired) electrons. The lowest BCUT2D eigenvalue weighted by molar-refractivity contribution is -0.158. The number of esters is 1. The van der Waals surface area contributed by atoms with Gasteiger partial charge in [0.15, 0.2) is 0 Å². The fourth-order valence-electron chi connectivity index (χ4n) is 3.18. The number of methoxy groups -OCH3 is 1. The molecule has 21 heavy (non-hydrogen) atoms. The maximum Gasteiger partial charge on any atom is 0.303 e. The third-order valence-electron chi connectivity index (χ3n) is 4.47. The molecule has 1 saturated heterocycles. The Bertz CT molecular complexity index is 336. The Morgan fingerprint density at radius 1 is 1.19 bits per heavy atom. The minimum absolute atomic E-state index is 0.0879. The van der Waals surface area contributed by atoms with E-state index in [1.165, 1.54) is 6.92 Å². The third-order valence-corrected chi connectivity index (χ3v) is 4.47. The van der Waals surface area contributed by atoms with Crippen molar-refractivity contribution in [3.63, 3.8) is 0 Å².